The van der Waals surface area contributed by atoms with Crippen molar-refractivity contribution in [3.63, 3.8) is 0 Å². The third-order valence-electron chi connectivity index (χ3n) is 12.7. The van der Waals surface area contributed by atoms with Crippen LogP contribution in [0.2, 0.25) is 0 Å². The summed E-state index contributed by atoms with van der Waals surface area (Å²) < 4.78 is 48.6. The van der Waals surface area contributed by atoms with Gasteiger partial charge in [0.1, 0.15) is 12.9 Å². The molecule has 13 nitrogen and oxygen atoms in total. The number of nitrogens with zero attached hydrogens (tertiary/aromatic N) is 7. The van der Waals surface area contributed by atoms with Gasteiger partial charge in [-0.1, -0.05) is 19.9 Å². The molecule has 2 aliphatic heterocycles. The van der Waals surface area contributed by atoms with Crippen LogP contribution in [0, 0.1) is 25.2 Å². The number of piperidine rings is 1. The van der Waals surface area contributed by atoms with E-state index in [2.05, 4.69) is 21.4 Å². The number of fused-ring (bicyclic) bond motifs is 5. The van der Waals surface area contributed by atoms with Crippen molar-refractivity contribution in [1.82, 2.24) is 34.0 Å². The predicted octanol–water partition coefficient (Wildman–Crippen LogP) is 5.78. The highest BCUT2D eigenvalue weighted by Gasteiger charge is 2.59. The first-order valence-electron chi connectivity index (χ1n) is 19.4. The highest BCUT2D eigenvalue weighted by molar-refractivity contribution is 5.95. The molecule has 2 saturated heterocycles. The van der Waals surface area contributed by atoms with Crippen LogP contribution in [0.1, 0.15) is 103 Å². The number of rotatable bonds is 5. The van der Waals surface area contributed by atoms with Crippen LogP contribution in [0.3, 0.4) is 0 Å². The predicted molar refractivity (Wildman–Crippen MR) is 199 cm³/mol. The SMILES string of the molecule is CC.Cc1cc(C(F)(F)F)ccc1NC(=O)Cn1c2c(c(=O)n3nc(C4=CCC5(CC4)COC5)nc13)C1(CC2)CCN(C(=O)c2ncnc(C)c2O)C2CCC21. The van der Waals surface area contributed by atoms with E-state index >= 15 is 0 Å². The number of alkyl halides is 3. The monoisotopic (exact) mass is 774 g/mol. The minimum absolute atomic E-state index is 0.0443. The molecule has 3 fully saturated rings. The molecule has 56 heavy (non-hydrogen) atoms. The summed E-state index contributed by atoms with van der Waals surface area (Å²) >= 11 is 0. The van der Waals surface area contributed by atoms with E-state index in [0.717, 1.165) is 49.8 Å². The molecule has 1 aromatic carbocycles. The zero-order valence-corrected chi connectivity index (χ0v) is 31.9. The summed E-state index contributed by atoms with van der Waals surface area (Å²) in [5.41, 5.74) is 1.42. The molecule has 296 valence electrons. The van der Waals surface area contributed by atoms with Gasteiger partial charge in [0.2, 0.25) is 11.7 Å². The molecular weight excluding hydrogens is 729 g/mol. The Morgan fingerprint density at radius 2 is 1.86 bits per heavy atom. The Morgan fingerprint density at radius 3 is 2.50 bits per heavy atom. The zero-order chi connectivity index (χ0) is 39.7. The van der Waals surface area contributed by atoms with Crippen LogP contribution in [-0.2, 0) is 34.1 Å². The number of hydrogen-bond acceptors (Lipinski definition) is 9. The van der Waals surface area contributed by atoms with Crippen molar-refractivity contribution in [3.8, 4) is 5.75 Å². The number of nitrogens with one attached hydrogen (secondary N) is 1. The fraction of sp³-hybridized carbons (Fsp3) is 0.525. The number of aromatic nitrogens is 6. The summed E-state index contributed by atoms with van der Waals surface area (Å²) in [5, 5.41) is 18.2. The molecule has 1 saturated carbocycles. The van der Waals surface area contributed by atoms with Crippen LogP contribution in [0.4, 0.5) is 18.9 Å². The Bertz CT molecular complexity index is 2350. The van der Waals surface area contributed by atoms with Gasteiger partial charge in [-0.15, -0.1) is 5.10 Å². The van der Waals surface area contributed by atoms with E-state index in [1.165, 1.54) is 23.8 Å². The van der Waals surface area contributed by atoms with Gasteiger partial charge in [0, 0.05) is 40.4 Å². The van der Waals surface area contributed by atoms with Gasteiger partial charge in [0.05, 0.1) is 24.5 Å². The number of aromatic hydroxyl groups is 1. The molecular formula is C40H45F3N8O5. The Kier molecular flexibility index (Phi) is 9.32. The Morgan fingerprint density at radius 1 is 1.07 bits per heavy atom. The minimum atomic E-state index is -4.52. The van der Waals surface area contributed by atoms with Gasteiger partial charge in [-0.2, -0.15) is 22.7 Å². The van der Waals surface area contributed by atoms with Crippen molar-refractivity contribution in [2.24, 2.45) is 11.3 Å². The fourth-order valence-corrected chi connectivity index (χ4v) is 9.55. The maximum absolute atomic E-state index is 14.7. The normalized spacial score (nSPS) is 23.4. The van der Waals surface area contributed by atoms with E-state index in [-0.39, 0.29) is 63.9 Å². The van der Waals surface area contributed by atoms with Gasteiger partial charge in [-0.05, 0) is 100 Å². The fourth-order valence-electron chi connectivity index (χ4n) is 9.55. The number of likely N-dealkylation sites (tertiary alicyclic amines) is 1. The van der Waals surface area contributed by atoms with E-state index in [9.17, 15) is 32.7 Å². The van der Waals surface area contributed by atoms with Gasteiger partial charge >= 0.3 is 6.18 Å². The molecule has 5 aliphatic rings. The maximum atomic E-state index is 14.7. The number of hydrogen-bond donors (Lipinski definition) is 2. The Balaban J connectivity index is 0.00000217. The number of carbonyl (C=O) groups is 2. The molecule has 0 bridgehead atoms. The number of aryl methyl sites for hydroxylation is 2. The van der Waals surface area contributed by atoms with Crippen molar-refractivity contribution < 1.29 is 32.6 Å². The van der Waals surface area contributed by atoms with Crippen LogP contribution in [-0.4, -0.2) is 76.8 Å². The first-order valence-corrected chi connectivity index (χ1v) is 19.4. The molecule has 3 aliphatic carbocycles. The minimum Gasteiger partial charge on any atom is -0.504 e. The molecule has 2 N–H and O–H groups in total. The topological polar surface area (TPSA) is 157 Å². The largest absolute Gasteiger partial charge is 0.504 e. The third-order valence-corrected chi connectivity index (χ3v) is 12.7. The number of amides is 2. The molecule has 3 unspecified atom stereocenters. The van der Waals surface area contributed by atoms with E-state index < -0.39 is 23.1 Å². The Hall–Kier alpha value is -5.12. The molecule has 4 aromatic rings. The van der Waals surface area contributed by atoms with Crippen LogP contribution < -0.4 is 10.9 Å². The molecule has 2 spiro atoms. The third kappa shape index (κ3) is 5.98. The summed E-state index contributed by atoms with van der Waals surface area (Å²) in [4.78, 5) is 57.0. The highest BCUT2D eigenvalue weighted by Crippen LogP contribution is 2.57. The number of carbonyl (C=O) groups excluding carboxylic acids is 2. The van der Waals surface area contributed by atoms with Crippen molar-refractivity contribution in [3.05, 3.63) is 80.6 Å². The lowest BCUT2D eigenvalue weighted by Gasteiger charge is -2.57. The average molecular weight is 775 g/mol. The van der Waals surface area contributed by atoms with Crippen molar-refractivity contribution in [2.45, 2.75) is 103 Å². The Labute approximate surface area is 321 Å². The molecule has 9 rings (SSSR count). The molecule has 0 radical (unpaired) electrons. The lowest BCUT2D eigenvalue weighted by atomic mass is 9.56. The lowest BCUT2D eigenvalue weighted by Crippen LogP contribution is -2.63. The zero-order valence-electron chi connectivity index (χ0n) is 31.9. The van der Waals surface area contributed by atoms with Gasteiger partial charge in [-0.25, -0.2) is 9.97 Å². The first kappa shape index (κ1) is 37.8. The number of allylic oxidation sites excluding steroid dienone is 2. The standard InChI is InChI=1S/C38H39F3N8O5.C2H6/c1-20-15-23(38(39,40)41)3-5-25(20)44-28(50)16-48-27-9-12-37(13-14-47(26-6-4-24(26)37)34(53)30-31(51)21(2)42-19-43-30)29(27)33(52)49-35(48)45-32(46-49)22-7-10-36(11-8-22)17-54-18-36;1-2/h3,5,7,15,19,24,26,51H,4,6,8-14,16-18H2,1-2H3,(H,44,50);1-2H3. The quantitative estimate of drug-likeness (QED) is 0.257. The van der Waals surface area contributed by atoms with E-state index in [0.29, 0.717) is 61.8 Å². The summed E-state index contributed by atoms with van der Waals surface area (Å²) in [7, 11) is 0. The second-order valence-electron chi connectivity index (χ2n) is 15.7. The molecule has 2 amide bonds. The van der Waals surface area contributed by atoms with E-state index in [1.54, 1.807) is 16.4 Å². The summed E-state index contributed by atoms with van der Waals surface area (Å²) in [6.45, 7) is 8.64. The van der Waals surface area contributed by atoms with Crippen LogP contribution >= 0.6 is 0 Å². The molecule has 3 aromatic heterocycles. The maximum Gasteiger partial charge on any atom is 0.416 e. The molecule has 3 atom stereocenters. The van der Waals surface area contributed by atoms with Gasteiger partial charge in [0.15, 0.2) is 17.3 Å². The first-order chi connectivity index (χ1) is 26.8. The molecule has 5 heterocycles. The summed E-state index contributed by atoms with van der Waals surface area (Å²) in [6.07, 6.45) is 4.46. The van der Waals surface area contributed by atoms with Crippen molar-refractivity contribution in [1.29, 1.82) is 0 Å². The number of halogens is 3. The van der Waals surface area contributed by atoms with Gasteiger partial charge < -0.3 is 24.6 Å². The summed E-state index contributed by atoms with van der Waals surface area (Å²) in [6, 6.07) is 3.00. The van der Waals surface area contributed by atoms with Crippen molar-refractivity contribution in [2.75, 3.05) is 25.1 Å². The number of anilines is 1. The van der Waals surface area contributed by atoms with Gasteiger partial charge in [-0.3, -0.25) is 14.4 Å². The van der Waals surface area contributed by atoms with Crippen LogP contribution in [0.15, 0.2) is 35.4 Å². The van der Waals surface area contributed by atoms with Crippen molar-refractivity contribution >= 4 is 28.9 Å². The second-order valence-corrected chi connectivity index (χ2v) is 15.7. The van der Waals surface area contributed by atoms with Crippen LogP contribution in [0.5, 0.6) is 5.75 Å². The highest BCUT2D eigenvalue weighted by atomic mass is 19.4. The summed E-state index contributed by atoms with van der Waals surface area (Å²) in [5.74, 6) is -0.498. The number of benzene rings is 1. The van der Waals surface area contributed by atoms with E-state index in [4.69, 9.17) is 14.8 Å². The second kappa shape index (κ2) is 13.8. The average Bonchev–Trinajstić information content (AvgIpc) is 3.76. The smallest absolute Gasteiger partial charge is 0.416 e. The van der Waals surface area contributed by atoms with Gasteiger partial charge in [0.25, 0.3) is 11.5 Å². The van der Waals surface area contributed by atoms with Crippen LogP contribution in [0.25, 0.3) is 11.4 Å². The molecule has 16 heteroatoms. The van der Waals surface area contributed by atoms with E-state index in [1.807, 2.05) is 13.8 Å². The lowest BCUT2D eigenvalue weighted by molar-refractivity contribution is -0.137. The number of ether oxygens (including phenoxy) is 1.